The first-order valence-corrected chi connectivity index (χ1v) is 9.81. The van der Waals surface area contributed by atoms with Crippen molar-refractivity contribution in [2.24, 2.45) is 5.92 Å². The van der Waals surface area contributed by atoms with Gasteiger partial charge in [0, 0.05) is 43.1 Å². The fourth-order valence-corrected chi connectivity index (χ4v) is 3.51. The van der Waals surface area contributed by atoms with Gasteiger partial charge in [0.25, 0.3) is 5.69 Å². The Morgan fingerprint density at radius 2 is 1.93 bits per heavy atom. The highest BCUT2D eigenvalue weighted by molar-refractivity contribution is 5.73. The largest absolute Gasteiger partial charge is 0.466 e. The van der Waals surface area contributed by atoms with E-state index < -0.39 is 0 Å². The summed E-state index contributed by atoms with van der Waals surface area (Å²) in [6.45, 7) is 4.04. The molecule has 0 aliphatic carbocycles. The van der Waals surface area contributed by atoms with Crippen molar-refractivity contribution in [2.45, 2.75) is 26.3 Å². The lowest BCUT2D eigenvalue weighted by atomic mass is 9.96. The summed E-state index contributed by atoms with van der Waals surface area (Å²) in [5, 5.41) is 11.2. The smallest absolute Gasteiger partial charge is 0.309 e. The van der Waals surface area contributed by atoms with Crippen LogP contribution >= 0.6 is 0 Å². The molecule has 0 unspecified atom stereocenters. The predicted octanol–water partition coefficient (Wildman–Crippen LogP) is 3.49. The third-order valence-electron chi connectivity index (χ3n) is 5.01. The molecule has 0 atom stereocenters. The van der Waals surface area contributed by atoms with Crippen molar-refractivity contribution in [3.63, 3.8) is 0 Å². The van der Waals surface area contributed by atoms with E-state index in [0.29, 0.717) is 39.1 Å². The molecule has 0 radical (unpaired) electrons. The second-order valence-corrected chi connectivity index (χ2v) is 6.93. The third-order valence-corrected chi connectivity index (χ3v) is 5.01. The average Bonchev–Trinajstić information content (AvgIpc) is 2.75. The molecule has 2 aromatic carbocycles. The van der Waals surface area contributed by atoms with Crippen LogP contribution in [0.15, 0.2) is 48.5 Å². The van der Waals surface area contributed by atoms with E-state index in [9.17, 15) is 14.9 Å². The van der Waals surface area contributed by atoms with Crippen LogP contribution in [0.2, 0.25) is 0 Å². The summed E-state index contributed by atoms with van der Waals surface area (Å²) in [5.41, 5.74) is 8.99. The second-order valence-electron chi connectivity index (χ2n) is 6.93. The number of nitro benzene ring substituents is 1. The molecular weight excluding hydrogens is 372 g/mol. The molecule has 1 heterocycles. The number of esters is 1. The SMILES string of the molecule is CCOC(=O)C1CCN(c2ccc([N+](=O)[O-])cc2CNNc2ccccc2)CC1. The van der Waals surface area contributed by atoms with E-state index in [1.165, 1.54) is 6.07 Å². The minimum atomic E-state index is -0.384. The Kier molecular flexibility index (Phi) is 7.02. The van der Waals surface area contributed by atoms with Crippen molar-refractivity contribution < 1.29 is 14.5 Å². The number of carbonyl (C=O) groups excluding carboxylic acids is 1. The van der Waals surface area contributed by atoms with Gasteiger partial charge in [-0.25, -0.2) is 5.43 Å². The molecule has 0 spiro atoms. The molecule has 0 bridgehead atoms. The highest BCUT2D eigenvalue weighted by Crippen LogP contribution is 2.30. The number of hydrogen-bond donors (Lipinski definition) is 2. The zero-order valence-corrected chi connectivity index (χ0v) is 16.5. The van der Waals surface area contributed by atoms with Gasteiger partial charge in [-0.05, 0) is 43.5 Å². The van der Waals surface area contributed by atoms with Crippen molar-refractivity contribution in [3.8, 4) is 0 Å². The van der Waals surface area contributed by atoms with Crippen LogP contribution in [-0.2, 0) is 16.1 Å². The number of carbonyl (C=O) groups is 1. The molecule has 2 aromatic rings. The minimum absolute atomic E-state index is 0.0617. The van der Waals surface area contributed by atoms with Crippen molar-refractivity contribution in [2.75, 3.05) is 30.0 Å². The number of ether oxygens (including phenoxy) is 1. The number of non-ortho nitro benzene ring substituents is 1. The van der Waals surface area contributed by atoms with Crippen molar-refractivity contribution in [1.82, 2.24) is 5.43 Å². The number of hydrogen-bond acceptors (Lipinski definition) is 7. The number of hydrazine groups is 1. The topological polar surface area (TPSA) is 96.7 Å². The van der Waals surface area contributed by atoms with Crippen LogP contribution in [0.5, 0.6) is 0 Å². The second kappa shape index (κ2) is 9.88. The summed E-state index contributed by atoms with van der Waals surface area (Å²) < 4.78 is 5.13. The third kappa shape index (κ3) is 5.45. The van der Waals surface area contributed by atoms with Gasteiger partial charge < -0.3 is 15.1 Å². The van der Waals surface area contributed by atoms with E-state index in [1.807, 2.05) is 37.3 Å². The molecular formula is C21H26N4O4. The van der Waals surface area contributed by atoms with Crippen LogP contribution in [0.25, 0.3) is 0 Å². The van der Waals surface area contributed by atoms with Gasteiger partial charge in [0.1, 0.15) is 0 Å². The Balaban J connectivity index is 1.69. The Bertz CT molecular complexity index is 836. The van der Waals surface area contributed by atoms with E-state index in [4.69, 9.17) is 4.74 Å². The maximum Gasteiger partial charge on any atom is 0.309 e. The van der Waals surface area contributed by atoms with Gasteiger partial charge >= 0.3 is 5.97 Å². The maximum absolute atomic E-state index is 12.0. The molecule has 1 fully saturated rings. The number of benzene rings is 2. The van der Waals surface area contributed by atoms with Crippen molar-refractivity contribution in [3.05, 3.63) is 64.2 Å². The quantitative estimate of drug-likeness (QED) is 0.399. The lowest BCUT2D eigenvalue weighted by Crippen LogP contribution is -2.37. The minimum Gasteiger partial charge on any atom is -0.466 e. The molecule has 8 heteroatoms. The fourth-order valence-electron chi connectivity index (χ4n) is 3.51. The standard InChI is InChI=1S/C21H26N4O4/c1-2-29-21(26)16-10-12-24(13-11-16)20-9-8-19(25(27)28)14-17(20)15-22-23-18-6-4-3-5-7-18/h3-9,14,16,22-23H,2,10-13,15H2,1H3. The summed E-state index contributed by atoms with van der Waals surface area (Å²) in [6.07, 6.45) is 1.43. The van der Waals surface area contributed by atoms with Crippen LogP contribution in [0.3, 0.4) is 0 Å². The number of piperidine rings is 1. The number of nitrogens with one attached hydrogen (secondary N) is 2. The Labute approximate surface area is 170 Å². The zero-order chi connectivity index (χ0) is 20.6. The number of rotatable bonds is 8. The molecule has 1 aliphatic rings. The highest BCUT2D eigenvalue weighted by Gasteiger charge is 2.27. The monoisotopic (exact) mass is 398 g/mol. The average molecular weight is 398 g/mol. The normalized spacial score (nSPS) is 14.4. The van der Waals surface area contributed by atoms with E-state index in [1.54, 1.807) is 12.1 Å². The predicted molar refractivity (Wildman–Crippen MR) is 112 cm³/mol. The molecule has 8 nitrogen and oxygen atoms in total. The van der Waals surface area contributed by atoms with Gasteiger partial charge in [-0.15, -0.1) is 0 Å². The Morgan fingerprint density at radius 1 is 1.21 bits per heavy atom. The number of nitro groups is 1. The van der Waals surface area contributed by atoms with Gasteiger partial charge in [-0.1, -0.05) is 18.2 Å². The molecule has 154 valence electrons. The van der Waals surface area contributed by atoms with E-state index >= 15 is 0 Å². The van der Waals surface area contributed by atoms with Crippen LogP contribution in [0.1, 0.15) is 25.3 Å². The van der Waals surface area contributed by atoms with Crippen LogP contribution in [0.4, 0.5) is 17.1 Å². The summed E-state index contributed by atoms with van der Waals surface area (Å²) >= 11 is 0. The molecule has 1 saturated heterocycles. The van der Waals surface area contributed by atoms with Crippen LogP contribution in [0, 0.1) is 16.0 Å². The van der Waals surface area contributed by atoms with Gasteiger partial charge in [0.05, 0.1) is 17.4 Å². The number of para-hydroxylation sites is 1. The van der Waals surface area contributed by atoms with Gasteiger partial charge in [-0.2, -0.15) is 0 Å². The molecule has 1 aliphatic heterocycles. The summed E-state index contributed by atoms with van der Waals surface area (Å²) in [7, 11) is 0. The zero-order valence-electron chi connectivity index (χ0n) is 16.5. The maximum atomic E-state index is 12.0. The van der Waals surface area contributed by atoms with E-state index in [0.717, 1.165) is 16.9 Å². The summed E-state index contributed by atoms with van der Waals surface area (Å²) in [4.78, 5) is 25.0. The lowest BCUT2D eigenvalue weighted by molar-refractivity contribution is -0.384. The first-order chi connectivity index (χ1) is 14.1. The molecule has 0 amide bonds. The van der Waals surface area contributed by atoms with Crippen LogP contribution < -0.4 is 15.8 Å². The van der Waals surface area contributed by atoms with Gasteiger partial charge in [0.2, 0.25) is 0 Å². The van der Waals surface area contributed by atoms with Gasteiger partial charge in [0.15, 0.2) is 0 Å². The van der Waals surface area contributed by atoms with Gasteiger partial charge in [-0.3, -0.25) is 14.9 Å². The van der Waals surface area contributed by atoms with Crippen LogP contribution in [-0.4, -0.2) is 30.6 Å². The first kappa shape index (κ1) is 20.6. The fraction of sp³-hybridized carbons (Fsp3) is 0.381. The number of nitrogens with zero attached hydrogens (tertiary/aromatic N) is 2. The molecule has 29 heavy (non-hydrogen) atoms. The van der Waals surface area contributed by atoms with Crippen molar-refractivity contribution >= 4 is 23.0 Å². The summed E-state index contributed by atoms with van der Waals surface area (Å²) in [5.74, 6) is -0.213. The van der Waals surface area contributed by atoms with E-state index in [-0.39, 0.29) is 22.5 Å². The lowest BCUT2D eigenvalue weighted by Gasteiger charge is -2.33. The Morgan fingerprint density at radius 3 is 2.59 bits per heavy atom. The summed E-state index contributed by atoms with van der Waals surface area (Å²) in [6, 6.07) is 14.6. The van der Waals surface area contributed by atoms with E-state index in [2.05, 4.69) is 15.8 Å². The molecule has 0 aromatic heterocycles. The highest BCUT2D eigenvalue weighted by atomic mass is 16.6. The molecule has 3 rings (SSSR count). The molecule has 2 N–H and O–H groups in total. The first-order valence-electron chi connectivity index (χ1n) is 9.81. The Hall–Kier alpha value is -3.13. The molecule has 0 saturated carbocycles. The van der Waals surface area contributed by atoms with Crippen molar-refractivity contribution in [1.29, 1.82) is 0 Å². The number of anilines is 2.